The zero-order valence-corrected chi connectivity index (χ0v) is 15.3. The molecule has 0 spiro atoms. The van der Waals surface area contributed by atoms with Crippen LogP contribution in [0.25, 0.3) is 0 Å². The molecule has 0 aliphatic rings. The molecule has 0 rings (SSSR count). The van der Waals surface area contributed by atoms with E-state index in [2.05, 4.69) is 12.4 Å². The summed E-state index contributed by atoms with van der Waals surface area (Å²) in [6, 6.07) is 0. The van der Waals surface area contributed by atoms with Crippen LogP contribution in [-0.4, -0.2) is 12.5 Å². The fraction of sp³-hybridized carbons (Fsp3) is 0.933. The average molecular weight is 281 g/mol. The van der Waals surface area contributed by atoms with Gasteiger partial charge in [0.25, 0.3) is 0 Å². The van der Waals surface area contributed by atoms with Crippen LogP contribution in [0.15, 0.2) is 0 Å². The van der Waals surface area contributed by atoms with E-state index in [-0.39, 0.29) is 37.0 Å². The number of hydrogen-bond donors (Lipinski definition) is 1. The predicted octanol–water partition coefficient (Wildman–Crippen LogP) is 1.48. The van der Waals surface area contributed by atoms with Crippen LogP contribution < -0.4 is 35.0 Å². The number of hydroxylamine groups is 1. The molecular weight excluding hydrogens is 249 g/mol. The van der Waals surface area contributed by atoms with Gasteiger partial charge in [0.15, 0.2) is 0 Å². The monoisotopic (exact) mass is 281 g/mol. The maximum atomic E-state index is 10.8. The number of hydrogen-bond acceptors (Lipinski definition) is 3. The molecule has 0 aromatic carbocycles. The molecule has 0 aromatic rings. The molecule has 0 aromatic heterocycles. The molecule has 0 amide bonds. The molecule has 3 nitrogen and oxygen atoms in total. The van der Waals surface area contributed by atoms with Crippen molar-refractivity contribution in [2.45, 2.75) is 84.5 Å². The molecule has 0 atom stereocenters. The van der Waals surface area contributed by atoms with E-state index >= 15 is 0 Å². The van der Waals surface area contributed by atoms with E-state index in [1.165, 1.54) is 57.8 Å². The molecule has 0 unspecified atom stereocenters. The fourth-order valence-corrected chi connectivity index (χ4v) is 1.89. The van der Waals surface area contributed by atoms with Gasteiger partial charge >= 0.3 is 35.5 Å². The minimum atomic E-state index is -0.179. The van der Waals surface area contributed by atoms with Crippen molar-refractivity contribution in [3.8, 4) is 0 Å². The van der Waals surface area contributed by atoms with Crippen LogP contribution in [0, 0.1) is 0 Å². The van der Waals surface area contributed by atoms with Crippen LogP contribution in [0.2, 0.25) is 0 Å². The van der Waals surface area contributed by atoms with E-state index in [9.17, 15) is 4.79 Å². The van der Waals surface area contributed by atoms with Crippen LogP contribution in [0.1, 0.15) is 85.9 Å². The topological polar surface area (TPSA) is 38.3 Å². The quantitative estimate of drug-likeness (QED) is 0.316. The number of carbonyl (C=O) groups is 1. The average Bonchev–Trinajstić information content (AvgIpc) is 2.39. The summed E-state index contributed by atoms with van der Waals surface area (Å²) >= 11 is 0. The van der Waals surface area contributed by atoms with Crippen LogP contribution in [-0.2, 0) is 9.63 Å². The summed E-state index contributed by atoms with van der Waals surface area (Å²) in [5.41, 5.74) is 2.71. The van der Waals surface area contributed by atoms with Gasteiger partial charge in [0.05, 0.1) is 0 Å². The Hall–Kier alpha value is 0.430. The number of carbonyl (C=O) groups excluding carboxylic acids is 1. The maximum absolute atomic E-state index is 10.8. The predicted molar refractivity (Wildman–Crippen MR) is 77.3 cm³/mol. The first-order chi connectivity index (χ1) is 8.81. The molecule has 110 valence electrons. The van der Waals surface area contributed by atoms with E-state index in [1.54, 1.807) is 6.92 Å². The first kappa shape index (κ1) is 21.7. The SMILES string of the molecule is CCCCCCCCCCCCNOC(=O)CC.[H-].[Na+]. The van der Waals surface area contributed by atoms with Gasteiger partial charge in [0.2, 0.25) is 0 Å². The molecule has 0 fully saturated rings. The van der Waals surface area contributed by atoms with E-state index in [0.717, 1.165) is 13.0 Å². The molecule has 0 bridgehead atoms. The van der Waals surface area contributed by atoms with Crippen molar-refractivity contribution in [1.82, 2.24) is 5.48 Å². The Bertz CT molecular complexity index is 195. The van der Waals surface area contributed by atoms with Crippen molar-refractivity contribution >= 4 is 5.97 Å². The largest absolute Gasteiger partial charge is 1.00 e. The summed E-state index contributed by atoms with van der Waals surface area (Å²) in [5, 5.41) is 0. The Morgan fingerprint density at radius 3 is 1.84 bits per heavy atom. The summed E-state index contributed by atoms with van der Waals surface area (Å²) < 4.78 is 0. The second kappa shape index (κ2) is 18.4. The maximum Gasteiger partial charge on any atom is 1.00 e. The number of rotatable bonds is 13. The molecule has 1 N–H and O–H groups in total. The normalized spacial score (nSPS) is 10.0. The summed E-state index contributed by atoms with van der Waals surface area (Å²) in [7, 11) is 0. The standard InChI is InChI=1S/C15H31NO2.Na.H/c1-3-5-6-7-8-9-10-11-12-13-14-16-18-15(17)4-2;;/h16H,3-14H2,1-2H3;;/q;+1;-1. The Morgan fingerprint density at radius 2 is 1.37 bits per heavy atom. The van der Waals surface area contributed by atoms with Crippen LogP contribution in [0.4, 0.5) is 0 Å². The summed E-state index contributed by atoms with van der Waals surface area (Å²) in [5.74, 6) is -0.179. The van der Waals surface area contributed by atoms with Crippen molar-refractivity contribution in [2.24, 2.45) is 0 Å². The van der Waals surface area contributed by atoms with Gasteiger partial charge in [-0.1, -0.05) is 71.6 Å². The molecule has 19 heavy (non-hydrogen) atoms. The third kappa shape index (κ3) is 18.4. The summed E-state index contributed by atoms with van der Waals surface area (Å²) in [4.78, 5) is 15.6. The van der Waals surface area contributed by atoms with Crippen LogP contribution in [0.5, 0.6) is 0 Å². The van der Waals surface area contributed by atoms with Crippen molar-refractivity contribution in [2.75, 3.05) is 6.54 Å². The molecule has 0 aliphatic carbocycles. The second-order valence-corrected chi connectivity index (χ2v) is 4.90. The summed E-state index contributed by atoms with van der Waals surface area (Å²) in [6.07, 6.45) is 13.7. The molecule has 0 radical (unpaired) electrons. The van der Waals surface area contributed by atoms with Crippen molar-refractivity contribution in [3.05, 3.63) is 0 Å². The first-order valence-electron chi connectivity index (χ1n) is 7.73. The van der Waals surface area contributed by atoms with Gasteiger partial charge in [-0.2, -0.15) is 5.48 Å². The van der Waals surface area contributed by atoms with E-state index in [1.807, 2.05) is 0 Å². The fourth-order valence-electron chi connectivity index (χ4n) is 1.89. The Labute approximate surface area is 143 Å². The van der Waals surface area contributed by atoms with E-state index < -0.39 is 0 Å². The van der Waals surface area contributed by atoms with Crippen LogP contribution in [0.3, 0.4) is 0 Å². The van der Waals surface area contributed by atoms with E-state index in [4.69, 9.17) is 4.84 Å². The van der Waals surface area contributed by atoms with Gasteiger partial charge in [-0.25, -0.2) is 0 Å². The van der Waals surface area contributed by atoms with E-state index in [0.29, 0.717) is 6.42 Å². The smallest absolute Gasteiger partial charge is 1.00 e. The third-order valence-electron chi connectivity index (χ3n) is 3.11. The number of unbranched alkanes of at least 4 members (excludes halogenated alkanes) is 9. The van der Waals surface area contributed by atoms with Crippen molar-refractivity contribution in [1.29, 1.82) is 0 Å². The minimum Gasteiger partial charge on any atom is -1.00 e. The minimum absolute atomic E-state index is 0. The van der Waals surface area contributed by atoms with Crippen molar-refractivity contribution < 1.29 is 40.6 Å². The molecule has 0 heterocycles. The summed E-state index contributed by atoms with van der Waals surface area (Å²) in [6.45, 7) is 4.83. The Balaban J connectivity index is -0.00000144. The zero-order chi connectivity index (χ0) is 13.5. The Morgan fingerprint density at radius 1 is 0.895 bits per heavy atom. The van der Waals surface area contributed by atoms with Gasteiger partial charge in [-0.15, -0.1) is 0 Å². The first-order valence-corrected chi connectivity index (χ1v) is 7.73. The van der Waals surface area contributed by atoms with Gasteiger partial charge < -0.3 is 6.26 Å². The molecular formula is C15H32NNaO2. The zero-order valence-electron chi connectivity index (χ0n) is 14.3. The van der Waals surface area contributed by atoms with Gasteiger partial charge in [0, 0.05) is 13.0 Å². The van der Waals surface area contributed by atoms with Gasteiger partial charge in [-0.05, 0) is 6.42 Å². The molecule has 0 aliphatic heterocycles. The van der Waals surface area contributed by atoms with Crippen LogP contribution >= 0.6 is 0 Å². The van der Waals surface area contributed by atoms with Gasteiger partial charge in [-0.3, -0.25) is 4.79 Å². The molecule has 0 saturated heterocycles. The van der Waals surface area contributed by atoms with Crippen molar-refractivity contribution in [3.63, 3.8) is 0 Å². The number of nitrogens with one attached hydrogen (secondary N) is 1. The van der Waals surface area contributed by atoms with Gasteiger partial charge in [0.1, 0.15) is 0 Å². The molecule has 4 heteroatoms. The molecule has 0 saturated carbocycles. The Kier molecular flexibility index (Phi) is 21.1. The second-order valence-electron chi connectivity index (χ2n) is 4.90. The third-order valence-corrected chi connectivity index (χ3v) is 3.11.